The SMILES string of the molecule is CCOP(=O)(OCC)OC(=C=C(C(=O)c1ccccc1)c1ccccc1)C(C)(C)C. The van der Waals surface area contributed by atoms with Gasteiger partial charge in [0.25, 0.3) is 0 Å². The molecule has 0 aliphatic rings. The molecule has 0 fully saturated rings. The average molecular weight is 428 g/mol. The quantitative estimate of drug-likeness (QED) is 0.147. The zero-order valence-electron chi connectivity index (χ0n) is 18.2. The molecule has 0 aliphatic carbocycles. The third kappa shape index (κ3) is 6.55. The van der Waals surface area contributed by atoms with Crippen LogP contribution in [0.5, 0.6) is 0 Å². The van der Waals surface area contributed by atoms with Gasteiger partial charge in [0, 0.05) is 11.0 Å². The third-order valence-corrected chi connectivity index (χ3v) is 5.58. The minimum Gasteiger partial charge on any atom is -0.399 e. The van der Waals surface area contributed by atoms with Crippen LogP contribution in [0.1, 0.15) is 50.5 Å². The highest BCUT2D eigenvalue weighted by Gasteiger charge is 2.33. The maximum absolute atomic E-state index is 13.3. The Morgan fingerprint density at radius 3 is 1.77 bits per heavy atom. The molecule has 0 saturated heterocycles. The number of carbonyl (C=O) groups excluding carboxylic acids is 1. The molecule has 0 spiro atoms. The number of ketones is 1. The fourth-order valence-electron chi connectivity index (χ4n) is 2.58. The number of phosphoric ester groups is 1. The second kappa shape index (κ2) is 10.6. The van der Waals surface area contributed by atoms with E-state index in [4.69, 9.17) is 13.6 Å². The molecule has 0 N–H and O–H groups in total. The van der Waals surface area contributed by atoms with Gasteiger partial charge in [-0.1, -0.05) is 87.2 Å². The summed E-state index contributed by atoms with van der Waals surface area (Å²) in [6, 6.07) is 18.2. The lowest BCUT2D eigenvalue weighted by Gasteiger charge is -2.25. The van der Waals surface area contributed by atoms with Gasteiger partial charge in [-0.15, -0.1) is 0 Å². The van der Waals surface area contributed by atoms with E-state index in [9.17, 15) is 9.36 Å². The molecule has 30 heavy (non-hydrogen) atoms. The lowest BCUT2D eigenvalue weighted by molar-refractivity contribution is 0.105. The summed E-state index contributed by atoms with van der Waals surface area (Å²) in [6.45, 7) is 9.38. The number of benzene rings is 2. The standard InChI is InChI=1S/C24H29O5P/c1-6-27-30(26,28-7-2)29-22(24(3,4)5)18-21(19-14-10-8-11-15-19)23(25)20-16-12-9-13-17-20/h8-17H,6-7H2,1-5H3. The molecule has 0 atom stereocenters. The number of hydrogen-bond donors (Lipinski definition) is 0. The molecule has 0 bridgehead atoms. The maximum atomic E-state index is 13.3. The molecule has 0 unspecified atom stereocenters. The molecule has 2 aromatic carbocycles. The monoisotopic (exact) mass is 428 g/mol. The molecule has 0 saturated carbocycles. The number of Topliss-reactive ketones (excluding diaryl/α,β-unsaturated/α-hetero) is 1. The fraction of sp³-hybridized carbons (Fsp3) is 0.333. The lowest BCUT2D eigenvalue weighted by Crippen LogP contribution is -2.13. The molecule has 6 heteroatoms. The Bertz CT molecular complexity index is 942. The molecule has 0 heterocycles. The average Bonchev–Trinajstić information content (AvgIpc) is 2.71. The lowest BCUT2D eigenvalue weighted by atomic mass is 9.91. The molecule has 2 aromatic rings. The van der Waals surface area contributed by atoms with Crippen LogP contribution in [0.2, 0.25) is 0 Å². The Morgan fingerprint density at radius 2 is 1.33 bits per heavy atom. The summed E-state index contributed by atoms with van der Waals surface area (Å²) < 4.78 is 29.3. The van der Waals surface area contributed by atoms with E-state index in [1.165, 1.54) is 0 Å². The van der Waals surface area contributed by atoms with E-state index in [0.29, 0.717) is 16.7 Å². The maximum Gasteiger partial charge on any atom is 0.530 e. The van der Waals surface area contributed by atoms with Crippen molar-refractivity contribution < 1.29 is 22.9 Å². The van der Waals surface area contributed by atoms with Gasteiger partial charge in [0.05, 0.1) is 18.8 Å². The van der Waals surface area contributed by atoms with Crippen LogP contribution in [0.25, 0.3) is 5.57 Å². The topological polar surface area (TPSA) is 61.8 Å². The van der Waals surface area contributed by atoms with Gasteiger partial charge < -0.3 is 4.52 Å². The van der Waals surface area contributed by atoms with E-state index in [-0.39, 0.29) is 24.8 Å². The number of allylic oxidation sites excluding steroid dienone is 1. The predicted octanol–water partition coefficient (Wildman–Crippen LogP) is 6.68. The first-order valence-corrected chi connectivity index (χ1v) is 11.4. The molecule has 160 valence electrons. The van der Waals surface area contributed by atoms with Crippen molar-refractivity contribution in [3.05, 3.63) is 83.3 Å². The van der Waals surface area contributed by atoms with Gasteiger partial charge in [-0.3, -0.25) is 13.8 Å². The summed E-state index contributed by atoms with van der Waals surface area (Å²) in [6.07, 6.45) is 0. The second-order valence-electron chi connectivity index (χ2n) is 7.51. The number of carbonyl (C=O) groups is 1. The first kappa shape index (κ1) is 23.9. The molecule has 0 amide bonds. The van der Waals surface area contributed by atoms with E-state index in [2.05, 4.69) is 5.73 Å². The first-order valence-electron chi connectivity index (χ1n) is 9.95. The van der Waals surface area contributed by atoms with Crippen LogP contribution >= 0.6 is 7.82 Å². The van der Waals surface area contributed by atoms with Gasteiger partial charge in [-0.25, -0.2) is 4.57 Å². The Kier molecular flexibility index (Phi) is 8.40. The Balaban J connectivity index is 2.72. The number of rotatable bonds is 9. The Hall–Kier alpha value is -2.42. The number of phosphoric acid groups is 1. The fourth-order valence-corrected chi connectivity index (χ4v) is 3.93. The van der Waals surface area contributed by atoms with Crippen molar-refractivity contribution in [1.29, 1.82) is 0 Å². The van der Waals surface area contributed by atoms with Crippen molar-refractivity contribution in [2.24, 2.45) is 5.41 Å². The van der Waals surface area contributed by atoms with Crippen LogP contribution in [0.4, 0.5) is 0 Å². The largest absolute Gasteiger partial charge is 0.530 e. The molecule has 0 aromatic heterocycles. The van der Waals surface area contributed by atoms with Crippen molar-refractivity contribution in [3.8, 4) is 0 Å². The minimum absolute atomic E-state index is 0.160. The van der Waals surface area contributed by atoms with Crippen molar-refractivity contribution in [2.75, 3.05) is 13.2 Å². The second-order valence-corrected chi connectivity index (χ2v) is 9.11. The molecular formula is C24H29O5P. The minimum atomic E-state index is -3.85. The van der Waals surface area contributed by atoms with E-state index < -0.39 is 13.2 Å². The van der Waals surface area contributed by atoms with Gasteiger partial charge in [0.2, 0.25) is 5.78 Å². The number of hydrogen-bond acceptors (Lipinski definition) is 5. The molecule has 2 rings (SSSR count). The highest BCUT2D eigenvalue weighted by molar-refractivity contribution is 7.48. The van der Waals surface area contributed by atoms with Crippen molar-refractivity contribution in [3.63, 3.8) is 0 Å². The third-order valence-electron chi connectivity index (χ3n) is 4.02. The van der Waals surface area contributed by atoms with E-state index >= 15 is 0 Å². The summed E-state index contributed by atoms with van der Waals surface area (Å²) in [7, 11) is -3.85. The molecule has 0 radical (unpaired) electrons. The molecule has 0 aliphatic heterocycles. The van der Waals surface area contributed by atoms with Crippen LogP contribution in [0.15, 0.2) is 72.2 Å². The Labute approximate surface area is 179 Å². The van der Waals surface area contributed by atoms with Gasteiger partial charge in [0.15, 0.2) is 5.76 Å². The van der Waals surface area contributed by atoms with Crippen LogP contribution in [0.3, 0.4) is 0 Å². The van der Waals surface area contributed by atoms with Crippen molar-refractivity contribution in [1.82, 2.24) is 0 Å². The van der Waals surface area contributed by atoms with E-state index in [1.54, 1.807) is 38.1 Å². The van der Waals surface area contributed by atoms with Crippen LogP contribution in [0, 0.1) is 5.41 Å². The summed E-state index contributed by atoms with van der Waals surface area (Å²) in [5.41, 5.74) is 4.01. The van der Waals surface area contributed by atoms with Crippen LogP contribution in [-0.2, 0) is 18.1 Å². The Morgan fingerprint density at radius 1 is 0.867 bits per heavy atom. The zero-order valence-corrected chi connectivity index (χ0v) is 19.1. The predicted molar refractivity (Wildman–Crippen MR) is 119 cm³/mol. The highest BCUT2D eigenvalue weighted by atomic mass is 31.2. The van der Waals surface area contributed by atoms with Crippen molar-refractivity contribution in [2.45, 2.75) is 34.6 Å². The highest BCUT2D eigenvalue weighted by Crippen LogP contribution is 2.53. The summed E-state index contributed by atoms with van der Waals surface area (Å²) in [4.78, 5) is 13.3. The summed E-state index contributed by atoms with van der Waals surface area (Å²) in [5, 5.41) is 0. The first-order chi connectivity index (χ1) is 14.2. The smallest absolute Gasteiger partial charge is 0.399 e. The van der Waals surface area contributed by atoms with Gasteiger partial charge in [-0.2, -0.15) is 0 Å². The summed E-state index contributed by atoms with van der Waals surface area (Å²) in [5.74, 6) is 0.00525. The van der Waals surface area contributed by atoms with E-state index in [1.807, 2.05) is 57.2 Å². The van der Waals surface area contributed by atoms with Gasteiger partial charge in [-0.05, 0) is 19.4 Å². The summed E-state index contributed by atoms with van der Waals surface area (Å²) >= 11 is 0. The molecule has 5 nitrogen and oxygen atoms in total. The zero-order chi connectivity index (χ0) is 22.2. The van der Waals surface area contributed by atoms with Crippen molar-refractivity contribution >= 4 is 19.2 Å². The molecular weight excluding hydrogens is 399 g/mol. The van der Waals surface area contributed by atoms with Crippen LogP contribution < -0.4 is 0 Å². The van der Waals surface area contributed by atoms with Crippen LogP contribution in [-0.4, -0.2) is 19.0 Å². The van der Waals surface area contributed by atoms with Gasteiger partial charge >= 0.3 is 7.82 Å². The van der Waals surface area contributed by atoms with E-state index in [0.717, 1.165) is 0 Å². The van der Waals surface area contributed by atoms with Gasteiger partial charge in [0.1, 0.15) is 0 Å². The normalized spacial score (nSPS) is 11.5.